The zero-order valence-electron chi connectivity index (χ0n) is 13.5. The number of hydrogen-bond donors (Lipinski definition) is 3. The van der Waals surface area contributed by atoms with Gasteiger partial charge in [0, 0.05) is 23.0 Å². The largest absolute Gasteiger partial charge is 0.437 e. The molecule has 0 aliphatic carbocycles. The predicted molar refractivity (Wildman–Crippen MR) is 88.9 cm³/mol. The van der Waals surface area contributed by atoms with E-state index in [1.807, 2.05) is 0 Å². The molecule has 1 saturated heterocycles. The van der Waals surface area contributed by atoms with Crippen LogP contribution < -0.4 is 10.6 Å². The molecule has 2 aromatic rings. The van der Waals surface area contributed by atoms with Gasteiger partial charge in [-0.15, -0.1) is 0 Å². The summed E-state index contributed by atoms with van der Waals surface area (Å²) < 4.78 is 41.1. The van der Waals surface area contributed by atoms with Gasteiger partial charge >= 0.3 is 12.2 Å². The quantitative estimate of drug-likeness (QED) is 0.692. The Morgan fingerprint density at radius 3 is 2.44 bits per heavy atom. The van der Waals surface area contributed by atoms with E-state index in [0.717, 1.165) is 6.20 Å². The average molecular weight is 400 g/mol. The Balaban J connectivity index is 2.15. The fourth-order valence-electron chi connectivity index (χ4n) is 2.97. The first-order valence-electron chi connectivity index (χ1n) is 7.71. The maximum atomic E-state index is 13.7. The first kappa shape index (κ1) is 19.1. The van der Waals surface area contributed by atoms with E-state index in [-0.39, 0.29) is 11.1 Å². The summed E-state index contributed by atoms with van der Waals surface area (Å²) in [5.74, 6) is -3.13. The lowest BCUT2D eigenvalue weighted by molar-refractivity contribution is -0.287. The number of urea groups is 1. The number of nitrogens with one attached hydrogen (secondary N) is 2. The van der Waals surface area contributed by atoms with Crippen molar-refractivity contribution in [1.82, 2.24) is 15.6 Å². The van der Waals surface area contributed by atoms with Gasteiger partial charge in [0.25, 0.3) is 0 Å². The summed E-state index contributed by atoms with van der Waals surface area (Å²) in [6, 6.07) is 5.51. The van der Waals surface area contributed by atoms with Crippen molar-refractivity contribution in [2.24, 2.45) is 5.92 Å². The minimum atomic E-state index is -5.31. The Morgan fingerprint density at radius 2 is 1.89 bits per heavy atom. The molecule has 3 rings (SSSR count). The molecule has 27 heavy (non-hydrogen) atoms. The molecule has 1 aliphatic heterocycles. The van der Waals surface area contributed by atoms with Gasteiger partial charge in [0.15, 0.2) is 5.78 Å². The lowest BCUT2D eigenvalue weighted by Crippen LogP contribution is -2.72. The van der Waals surface area contributed by atoms with Crippen LogP contribution in [-0.2, 0) is 0 Å². The van der Waals surface area contributed by atoms with Crippen LogP contribution in [0.1, 0.15) is 22.0 Å². The molecule has 1 aliphatic rings. The van der Waals surface area contributed by atoms with E-state index in [9.17, 15) is 27.9 Å². The fourth-order valence-corrected chi connectivity index (χ4v) is 3.10. The Morgan fingerprint density at radius 1 is 1.22 bits per heavy atom. The highest BCUT2D eigenvalue weighted by atomic mass is 35.5. The van der Waals surface area contributed by atoms with E-state index < -0.39 is 35.7 Å². The smallest absolute Gasteiger partial charge is 0.363 e. The van der Waals surface area contributed by atoms with Crippen LogP contribution in [0, 0.1) is 5.92 Å². The molecule has 10 heteroatoms. The van der Waals surface area contributed by atoms with Crippen molar-refractivity contribution in [3.63, 3.8) is 0 Å². The number of ketones is 1. The van der Waals surface area contributed by atoms with Gasteiger partial charge < -0.3 is 15.7 Å². The van der Waals surface area contributed by atoms with Crippen LogP contribution in [0.25, 0.3) is 0 Å². The van der Waals surface area contributed by atoms with Crippen molar-refractivity contribution in [1.29, 1.82) is 0 Å². The fraction of sp³-hybridized carbons (Fsp3) is 0.235. The molecule has 1 fully saturated rings. The minimum Gasteiger partial charge on any atom is -0.363 e. The summed E-state index contributed by atoms with van der Waals surface area (Å²) in [6.07, 6.45) is -2.86. The number of carbonyl (C=O) groups is 2. The maximum absolute atomic E-state index is 13.7. The number of halogens is 4. The molecule has 0 saturated carbocycles. The van der Waals surface area contributed by atoms with E-state index in [0.29, 0.717) is 5.02 Å². The highest BCUT2D eigenvalue weighted by Gasteiger charge is 2.66. The van der Waals surface area contributed by atoms with Crippen LogP contribution in [0.3, 0.4) is 0 Å². The number of rotatable bonds is 3. The van der Waals surface area contributed by atoms with Crippen molar-refractivity contribution in [3.8, 4) is 0 Å². The standard InChI is InChI=1S/C17H13ClF3N3O3/c18-11-5-3-9(4-6-11)13-12(14(25)10-2-1-7-22-8-10)16(27,17(19,20)21)24-15(26)23-13/h1-8,12-13,27H,(H2,23,24,26)/t12-,13+,16-/m0/s1. The van der Waals surface area contributed by atoms with Gasteiger partial charge in [-0.1, -0.05) is 23.7 Å². The van der Waals surface area contributed by atoms with E-state index in [1.165, 1.54) is 47.9 Å². The number of aliphatic hydroxyl groups is 1. The van der Waals surface area contributed by atoms with Gasteiger partial charge in [0.2, 0.25) is 5.72 Å². The second-order valence-electron chi connectivity index (χ2n) is 5.98. The molecule has 1 aromatic heterocycles. The van der Waals surface area contributed by atoms with Crippen LogP contribution in [0.2, 0.25) is 5.02 Å². The van der Waals surface area contributed by atoms with Crippen molar-refractivity contribution < 1.29 is 27.9 Å². The molecule has 2 amide bonds. The molecule has 1 aromatic carbocycles. The molecule has 142 valence electrons. The maximum Gasteiger partial charge on any atom is 0.437 e. The average Bonchev–Trinajstić information content (AvgIpc) is 2.61. The molecule has 2 heterocycles. The number of hydrogen-bond acceptors (Lipinski definition) is 4. The molecule has 0 radical (unpaired) electrons. The number of amides is 2. The number of alkyl halides is 3. The second kappa shape index (κ2) is 6.82. The Hall–Kier alpha value is -2.65. The first-order valence-corrected chi connectivity index (χ1v) is 8.09. The van der Waals surface area contributed by atoms with Crippen LogP contribution >= 0.6 is 11.6 Å². The first-order chi connectivity index (χ1) is 12.6. The third-order valence-electron chi connectivity index (χ3n) is 4.26. The summed E-state index contributed by atoms with van der Waals surface area (Å²) in [5, 5.41) is 14.5. The number of pyridine rings is 1. The number of aromatic nitrogens is 1. The van der Waals surface area contributed by atoms with Crippen LogP contribution in [0.5, 0.6) is 0 Å². The van der Waals surface area contributed by atoms with Gasteiger partial charge in [0.05, 0.1) is 6.04 Å². The van der Waals surface area contributed by atoms with Crippen LogP contribution in [-0.4, -0.2) is 33.8 Å². The summed E-state index contributed by atoms with van der Waals surface area (Å²) in [7, 11) is 0. The lowest BCUT2D eigenvalue weighted by atomic mass is 9.77. The van der Waals surface area contributed by atoms with Crippen molar-refractivity contribution >= 4 is 23.4 Å². The Bertz CT molecular complexity index is 861. The SMILES string of the molecule is O=C1N[C@H](c2ccc(Cl)cc2)[C@@H](C(=O)c2cccnc2)[C@](O)(C(F)(F)F)N1. The highest BCUT2D eigenvalue weighted by Crippen LogP contribution is 2.43. The summed E-state index contributed by atoms with van der Waals surface area (Å²) in [6.45, 7) is 0. The molecule has 0 unspecified atom stereocenters. The normalized spacial score (nSPS) is 25.4. The Labute approximate surface area is 156 Å². The van der Waals surface area contributed by atoms with Crippen molar-refractivity contribution in [2.45, 2.75) is 17.9 Å². The summed E-state index contributed by atoms with van der Waals surface area (Å²) in [5.41, 5.74) is -3.73. The zero-order valence-corrected chi connectivity index (χ0v) is 14.3. The Kier molecular flexibility index (Phi) is 4.83. The lowest BCUT2D eigenvalue weighted by Gasteiger charge is -2.45. The summed E-state index contributed by atoms with van der Waals surface area (Å²) >= 11 is 5.80. The van der Waals surface area contributed by atoms with E-state index in [4.69, 9.17) is 11.6 Å². The topological polar surface area (TPSA) is 91.3 Å². The van der Waals surface area contributed by atoms with Gasteiger partial charge in [-0.2, -0.15) is 13.2 Å². The monoisotopic (exact) mass is 399 g/mol. The number of benzene rings is 1. The highest BCUT2D eigenvalue weighted by molar-refractivity contribution is 6.30. The second-order valence-corrected chi connectivity index (χ2v) is 6.41. The van der Waals surface area contributed by atoms with Gasteiger partial charge in [0.1, 0.15) is 5.92 Å². The summed E-state index contributed by atoms with van der Waals surface area (Å²) in [4.78, 5) is 28.5. The van der Waals surface area contributed by atoms with Gasteiger partial charge in [-0.05, 0) is 29.8 Å². The number of carbonyl (C=O) groups excluding carboxylic acids is 2. The van der Waals surface area contributed by atoms with Crippen molar-refractivity contribution in [3.05, 3.63) is 64.9 Å². The van der Waals surface area contributed by atoms with Crippen molar-refractivity contribution in [2.75, 3.05) is 0 Å². The predicted octanol–water partition coefficient (Wildman–Crippen LogP) is 2.84. The van der Waals surface area contributed by atoms with Gasteiger partial charge in [-0.3, -0.25) is 9.78 Å². The molecular weight excluding hydrogens is 387 g/mol. The number of nitrogens with zero attached hydrogens (tertiary/aromatic N) is 1. The molecule has 3 atom stereocenters. The van der Waals surface area contributed by atoms with E-state index >= 15 is 0 Å². The molecule has 3 N–H and O–H groups in total. The number of Topliss-reactive ketones (excluding diaryl/α,β-unsaturated/α-hetero) is 1. The van der Waals surface area contributed by atoms with Crippen LogP contribution in [0.15, 0.2) is 48.8 Å². The molecular formula is C17H13ClF3N3O3. The van der Waals surface area contributed by atoms with E-state index in [2.05, 4.69) is 10.3 Å². The molecule has 6 nitrogen and oxygen atoms in total. The third kappa shape index (κ3) is 3.47. The minimum absolute atomic E-state index is 0.137. The molecule has 0 spiro atoms. The van der Waals surface area contributed by atoms with Gasteiger partial charge in [-0.25, -0.2) is 4.79 Å². The molecule has 0 bridgehead atoms. The zero-order chi connectivity index (χ0) is 19.8. The third-order valence-corrected chi connectivity index (χ3v) is 4.52. The van der Waals surface area contributed by atoms with E-state index in [1.54, 1.807) is 0 Å². The van der Waals surface area contributed by atoms with Crippen LogP contribution in [0.4, 0.5) is 18.0 Å².